The first kappa shape index (κ1) is 16.1. The SMILES string of the molecule is O=C(O)CCCCCCCNC(=O)c1cccc(F)c1. The van der Waals surface area contributed by atoms with Gasteiger partial charge in [-0.1, -0.05) is 25.3 Å². The average Bonchev–Trinajstić information content (AvgIpc) is 2.41. The monoisotopic (exact) mass is 281 g/mol. The molecule has 0 aliphatic heterocycles. The molecule has 1 aromatic carbocycles. The van der Waals surface area contributed by atoms with Crippen molar-refractivity contribution >= 4 is 11.9 Å². The maximum Gasteiger partial charge on any atom is 0.303 e. The number of unbranched alkanes of at least 4 members (excludes halogenated alkanes) is 4. The Bertz CT molecular complexity index is 448. The van der Waals surface area contributed by atoms with Crippen LogP contribution in [0.2, 0.25) is 0 Å². The zero-order chi connectivity index (χ0) is 14.8. The molecule has 1 aromatic rings. The van der Waals surface area contributed by atoms with Gasteiger partial charge >= 0.3 is 5.97 Å². The number of amides is 1. The molecule has 0 saturated heterocycles. The molecule has 0 unspecified atom stereocenters. The minimum atomic E-state index is -0.757. The van der Waals surface area contributed by atoms with Crippen molar-refractivity contribution in [3.05, 3.63) is 35.6 Å². The molecule has 110 valence electrons. The molecule has 5 heteroatoms. The second-order valence-electron chi connectivity index (χ2n) is 4.68. The molecule has 4 nitrogen and oxygen atoms in total. The number of rotatable bonds is 9. The van der Waals surface area contributed by atoms with Crippen LogP contribution in [0.5, 0.6) is 0 Å². The van der Waals surface area contributed by atoms with E-state index in [2.05, 4.69) is 5.32 Å². The van der Waals surface area contributed by atoms with E-state index in [1.807, 2.05) is 0 Å². The molecular formula is C15H20FNO3. The molecule has 0 bridgehead atoms. The number of carboxylic acids is 1. The van der Waals surface area contributed by atoms with E-state index >= 15 is 0 Å². The summed E-state index contributed by atoms with van der Waals surface area (Å²) in [5, 5.41) is 11.2. The summed E-state index contributed by atoms with van der Waals surface area (Å²) in [6.07, 6.45) is 4.56. The third-order valence-corrected chi connectivity index (χ3v) is 2.94. The first-order chi connectivity index (χ1) is 9.59. The van der Waals surface area contributed by atoms with Crippen LogP contribution in [0.4, 0.5) is 4.39 Å². The van der Waals surface area contributed by atoms with Crippen LogP contribution >= 0.6 is 0 Å². The standard InChI is InChI=1S/C15H20FNO3/c16-13-8-6-7-12(11-13)15(20)17-10-5-3-1-2-4-9-14(18)19/h6-8,11H,1-5,9-10H2,(H,17,20)(H,18,19). The van der Waals surface area contributed by atoms with Crippen molar-refractivity contribution in [3.8, 4) is 0 Å². The minimum Gasteiger partial charge on any atom is -0.481 e. The highest BCUT2D eigenvalue weighted by molar-refractivity contribution is 5.94. The average molecular weight is 281 g/mol. The fourth-order valence-corrected chi connectivity index (χ4v) is 1.87. The lowest BCUT2D eigenvalue weighted by Crippen LogP contribution is -2.24. The van der Waals surface area contributed by atoms with Gasteiger partial charge in [-0.25, -0.2) is 4.39 Å². The summed E-state index contributed by atoms with van der Waals surface area (Å²) in [4.78, 5) is 22.0. The molecule has 0 aromatic heterocycles. The summed E-state index contributed by atoms with van der Waals surface area (Å²) in [6.45, 7) is 0.550. The van der Waals surface area contributed by atoms with E-state index in [9.17, 15) is 14.0 Å². The van der Waals surface area contributed by atoms with Crippen molar-refractivity contribution in [1.29, 1.82) is 0 Å². The second-order valence-corrected chi connectivity index (χ2v) is 4.68. The Labute approximate surface area is 118 Å². The van der Waals surface area contributed by atoms with Crippen LogP contribution in [0, 0.1) is 5.82 Å². The largest absolute Gasteiger partial charge is 0.481 e. The Morgan fingerprint density at radius 2 is 1.80 bits per heavy atom. The van der Waals surface area contributed by atoms with Crippen LogP contribution in [0.1, 0.15) is 48.9 Å². The smallest absolute Gasteiger partial charge is 0.303 e. The summed E-state index contributed by atoms with van der Waals surface area (Å²) in [6, 6.07) is 5.59. The highest BCUT2D eigenvalue weighted by Gasteiger charge is 2.05. The third-order valence-electron chi connectivity index (χ3n) is 2.94. The van der Waals surface area contributed by atoms with E-state index in [0.29, 0.717) is 18.5 Å². The van der Waals surface area contributed by atoms with E-state index in [1.165, 1.54) is 18.2 Å². The lowest BCUT2D eigenvalue weighted by Gasteiger charge is -2.05. The van der Waals surface area contributed by atoms with Crippen LogP contribution in [-0.4, -0.2) is 23.5 Å². The summed E-state index contributed by atoms with van der Waals surface area (Å²) >= 11 is 0. The normalized spacial score (nSPS) is 10.2. The summed E-state index contributed by atoms with van der Waals surface area (Å²) in [5.41, 5.74) is 0.325. The Hall–Kier alpha value is -1.91. The fourth-order valence-electron chi connectivity index (χ4n) is 1.87. The Balaban J connectivity index is 2.06. The van der Waals surface area contributed by atoms with Crippen molar-refractivity contribution in [2.24, 2.45) is 0 Å². The van der Waals surface area contributed by atoms with Crippen molar-refractivity contribution in [3.63, 3.8) is 0 Å². The van der Waals surface area contributed by atoms with E-state index in [1.54, 1.807) is 6.07 Å². The summed E-state index contributed by atoms with van der Waals surface area (Å²) in [5.74, 6) is -1.45. The number of benzene rings is 1. The number of carbonyl (C=O) groups excluding carboxylic acids is 1. The summed E-state index contributed by atoms with van der Waals surface area (Å²) < 4.78 is 12.9. The van der Waals surface area contributed by atoms with Gasteiger partial charge in [0.15, 0.2) is 0 Å². The number of hydrogen-bond acceptors (Lipinski definition) is 2. The maximum absolute atomic E-state index is 12.9. The van der Waals surface area contributed by atoms with Gasteiger partial charge in [-0.2, -0.15) is 0 Å². The van der Waals surface area contributed by atoms with E-state index in [0.717, 1.165) is 25.7 Å². The molecule has 0 heterocycles. The van der Waals surface area contributed by atoms with Crippen molar-refractivity contribution in [2.75, 3.05) is 6.54 Å². The van der Waals surface area contributed by atoms with E-state index in [4.69, 9.17) is 5.11 Å². The molecule has 20 heavy (non-hydrogen) atoms. The summed E-state index contributed by atoms with van der Waals surface area (Å²) in [7, 11) is 0. The highest BCUT2D eigenvalue weighted by Crippen LogP contribution is 2.06. The number of aliphatic carboxylic acids is 1. The van der Waals surface area contributed by atoms with Crippen LogP contribution in [0.15, 0.2) is 24.3 Å². The second kappa shape index (κ2) is 9.07. The topological polar surface area (TPSA) is 66.4 Å². The molecular weight excluding hydrogens is 261 g/mol. The molecule has 0 aliphatic carbocycles. The molecule has 0 atom stereocenters. The number of halogens is 1. The van der Waals surface area contributed by atoms with Gasteiger partial charge in [0, 0.05) is 18.5 Å². The Morgan fingerprint density at radius 1 is 1.10 bits per heavy atom. The van der Waals surface area contributed by atoms with E-state index in [-0.39, 0.29) is 12.3 Å². The molecule has 0 spiro atoms. The van der Waals surface area contributed by atoms with Crippen molar-refractivity contribution in [2.45, 2.75) is 38.5 Å². The van der Waals surface area contributed by atoms with Gasteiger partial charge in [-0.15, -0.1) is 0 Å². The first-order valence-corrected chi connectivity index (χ1v) is 6.85. The van der Waals surface area contributed by atoms with Crippen LogP contribution in [0.3, 0.4) is 0 Å². The Morgan fingerprint density at radius 3 is 2.50 bits per heavy atom. The third kappa shape index (κ3) is 6.87. The lowest BCUT2D eigenvalue weighted by molar-refractivity contribution is -0.137. The van der Waals surface area contributed by atoms with Crippen molar-refractivity contribution < 1.29 is 19.1 Å². The minimum absolute atomic E-state index is 0.219. The quantitative estimate of drug-likeness (QED) is 0.684. The van der Waals surface area contributed by atoms with Crippen LogP contribution in [0.25, 0.3) is 0 Å². The predicted molar refractivity (Wildman–Crippen MR) is 74.1 cm³/mol. The van der Waals surface area contributed by atoms with Crippen LogP contribution in [-0.2, 0) is 4.79 Å². The number of carbonyl (C=O) groups is 2. The van der Waals surface area contributed by atoms with E-state index < -0.39 is 11.8 Å². The van der Waals surface area contributed by atoms with Crippen molar-refractivity contribution in [1.82, 2.24) is 5.32 Å². The molecule has 2 N–H and O–H groups in total. The van der Waals surface area contributed by atoms with Gasteiger partial charge in [-0.05, 0) is 31.0 Å². The fraction of sp³-hybridized carbons (Fsp3) is 0.467. The number of nitrogens with one attached hydrogen (secondary N) is 1. The number of carboxylic acid groups (broad SMARTS) is 1. The molecule has 0 fully saturated rings. The van der Waals surface area contributed by atoms with Crippen LogP contribution < -0.4 is 5.32 Å². The zero-order valence-electron chi connectivity index (χ0n) is 11.4. The lowest BCUT2D eigenvalue weighted by atomic mass is 10.1. The molecule has 1 rings (SSSR count). The zero-order valence-corrected chi connectivity index (χ0v) is 11.4. The predicted octanol–water partition coefficient (Wildman–Crippen LogP) is 2.98. The van der Waals surface area contributed by atoms with Gasteiger partial charge in [-0.3, -0.25) is 9.59 Å². The number of hydrogen-bond donors (Lipinski definition) is 2. The van der Waals surface area contributed by atoms with Gasteiger partial charge in [0.1, 0.15) is 5.82 Å². The van der Waals surface area contributed by atoms with Gasteiger partial charge < -0.3 is 10.4 Å². The molecule has 0 radical (unpaired) electrons. The highest BCUT2D eigenvalue weighted by atomic mass is 19.1. The van der Waals surface area contributed by atoms with Gasteiger partial charge in [0.25, 0.3) is 5.91 Å². The van der Waals surface area contributed by atoms with Gasteiger partial charge in [0.2, 0.25) is 0 Å². The Kier molecular flexibility index (Phi) is 7.32. The molecule has 1 amide bonds. The molecule has 0 aliphatic rings. The molecule has 0 saturated carbocycles. The first-order valence-electron chi connectivity index (χ1n) is 6.85. The maximum atomic E-state index is 12.9. The van der Waals surface area contributed by atoms with Gasteiger partial charge in [0.05, 0.1) is 0 Å².